The number of amides is 1. The molecule has 0 spiro atoms. The minimum atomic E-state index is -0.199. The number of nitrogens with zero attached hydrogens (tertiary/aromatic N) is 1. The van der Waals surface area contributed by atoms with Crippen LogP contribution in [0.5, 0.6) is 23.0 Å². The van der Waals surface area contributed by atoms with E-state index in [1.807, 2.05) is 6.07 Å². The molecule has 3 rings (SSSR count). The van der Waals surface area contributed by atoms with Gasteiger partial charge < -0.3 is 24.3 Å². The van der Waals surface area contributed by atoms with E-state index in [0.29, 0.717) is 23.6 Å². The van der Waals surface area contributed by atoms with E-state index in [4.69, 9.17) is 18.9 Å². The smallest absolute Gasteiger partial charge is 0.255 e. The highest BCUT2D eigenvalue weighted by Gasteiger charge is 2.21. The number of carbonyl (C=O) groups is 1. The third-order valence-electron chi connectivity index (χ3n) is 5.20. The number of hydrogen-bond donors (Lipinski definition) is 1. The third kappa shape index (κ3) is 4.82. The number of fused-ring (bicyclic) bond motifs is 1. The highest BCUT2D eigenvalue weighted by atomic mass is 79.9. The van der Waals surface area contributed by atoms with Gasteiger partial charge in [0.2, 0.25) is 0 Å². The quantitative estimate of drug-likeness (QED) is 0.627. The number of methoxy groups -OCH3 is 4. The van der Waals surface area contributed by atoms with Gasteiger partial charge in [-0.1, -0.05) is 15.9 Å². The summed E-state index contributed by atoms with van der Waals surface area (Å²) in [5, 5.41) is 2.98. The fourth-order valence-electron chi connectivity index (χ4n) is 3.65. The summed E-state index contributed by atoms with van der Waals surface area (Å²) in [6, 6.07) is 7.59. The van der Waals surface area contributed by atoms with Gasteiger partial charge in [-0.2, -0.15) is 0 Å². The summed E-state index contributed by atoms with van der Waals surface area (Å²) in [4.78, 5) is 15.0. The Morgan fingerprint density at radius 1 is 0.967 bits per heavy atom. The predicted octanol–water partition coefficient (Wildman–Crippen LogP) is 3.27. The fraction of sp³-hybridized carbons (Fsp3) is 0.409. The second kappa shape index (κ2) is 10.0. The lowest BCUT2D eigenvalue weighted by atomic mass is 9.99. The third-order valence-corrected chi connectivity index (χ3v) is 5.66. The zero-order chi connectivity index (χ0) is 21.7. The van der Waals surface area contributed by atoms with Gasteiger partial charge in [-0.05, 0) is 41.8 Å². The van der Waals surface area contributed by atoms with Crippen LogP contribution in [0.25, 0.3) is 0 Å². The van der Waals surface area contributed by atoms with Crippen molar-refractivity contribution in [3.05, 3.63) is 45.4 Å². The van der Waals surface area contributed by atoms with E-state index in [1.165, 1.54) is 18.2 Å². The molecule has 1 aliphatic rings. The Bertz CT molecular complexity index is 919. The van der Waals surface area contributed by atoms with Gasteiger partial charge >= 0.3 is 0 Å². The van der Waals surface area contributed by atoms with Gasteiger partial charge in [0.05, 0.1) is 34.0 Å². The van der Waals surface area contributed by atoms with Gasteiger partial charge in [-0.15, -0.1) is 0 Å². The van der Waals surface area contributed by atoms with Gasteiger partial charge in [0, 0.05) is 30.7 Å². The van der Waals surface area contributed by atoms with Crippen LogP contribution in [0, 0.1) is 0 Å². The summed E-state index contributed by atoms with van der Waals surface area (Å²) in [7, 11) is 6.37. The molecule has 1 heterocycles. The molecule has 0 aliphatic carbocycles. The van der Waals surface area contributed by atoms with Crippen molar-refractivity contribution < 1.29 is 23.7 Å². The van der Waals surface area contributed by atoms with Crippen molar-refractivity contribution in [2.45, 2.75) is 13.0 Å². The topological polar surface area (TPSA) is 69.3 Å². The van der Waals surface area contributed by atoms with Crippen molar-refractivity contribution in [2.75, 3.05) is 48.1 Å². The van der Waals surface area contributed by atoms with Crippen molar-refractivity contribution in [1.82, 2.24) is 10.2 Å². The van der Waals surface area contributed by atoms with Gasteiger partial charge in [-0.25, -0.2) is 0 Å². The first-order chi connectivity index (χ1) is 14.5. The Labute approximate surface area is 185 Å². The Morgan fingerprint density at radius 2 is 1.63 bits per heavy atom. The van der Waals surface area contributed by atoms with Crippen LogP contribution in [-0.2, 0) is 13.0 Å². The van der Waals surface area contributed by atoms with Crippen molar-refractivity contribution in [3.8, 4) is 23.0 Å². The summed E-state index contributed by atoms with van der Waals surface area (Å²) in [6.07, 6.45) is 0.931. The maximum atomic E-state index is 12.7. The maximum absolute atomic E-state index is 12.7. The molecule has 0 atom stereocenters. The van der Waals surface area contributed by atoms with Crippen molar-refractivity contribution in [2.24, 2.45) is 0 Å². The molecule has 162 valence electrons. The molecular formula is C22H27BrN2O5. The van der Waals surface area contributed by atoms with Crippen LogP contribution in [0.2, 0.25) is 0 Å². The molecule has 7 nitrogen and oxygen atoms in total. The molecule has 1 aliphatic heterocycles. The molecular weight excluding hydrogens is 452 g/mol. The van der Waals surface area contributed by atoms with Crippen LogP contribution in [0.4, 0.5) is 0 Å². The van der Waals surface area contributed by atoms with E-state index in [1.54, 1.807) is 33.5 Å². The highest BCUT2D eigenvalue weighted by molar-refractivity contribution is 9.10. The summed E-state index contributed by atoms with van der Waals surface area (Å²) in [5.74, 6) is 2.23. The molecule has 0 aromatic heterocycles. The molecule has 1 N–H and O–H groups in total. The normalized spacial score (nSPS) is 13.4. The van der Waals surface area contributed by atoms with Crippen molar-refractivity contribution in [1.29, 1.82) is 0 Å². The van der Waals surface area contributed by atoms with Crippen molar-refractivity contribution >= 4 is 21.8 Å². The molecule has 2 aromatic carbocycles. The van der Waals surface area contributed by atoms with Crippen LogP contribution in [0.1, 0.15) is 21.5 Å². The predicted molar refractivity (Wildman–Crippen MR) is 118 cm³/mol. The van der Waals surface area contributed by atoms with Gasteiger partial charge in [0.1, 0.15) is 0 Å². The van der Waals surface area contributed by atoms with Crippen LogP contribution < -0.4 is 24.3 Å². The van der Waals surface area contributed by atoms with Crippen molar-refractivity contribution in [3.63, 3.8) is 0 Å². The number of hydrogen-bond acceptors (Lipinski definition) is 6. The molecule has 2 aromatic rings. The Kier molecular flexibility index (Phi) is 7.44. The number of rotatable bonds is 8. The summed E-state index contributed by atoms with van der Waals surface area (Å²) < 4.78 is 22.3. The van der Waals surface area contributed by atoms with E-state index in [-0.39, 0.29) is 5.91 Å². The van der Waals surface area contributed by atoms with Gasteiger partial charge in [-0.3, -0.25) is 9.69 Å². The van der Waals surface area contributed by atoms with Crippen LogP contribution in [0.3, 0.4) is 0 Å². The Hall–Kier alpha value is -2.45. The lowest BCUT2D eigenvalue weighted by Crippen LogP contribution is -2.38. The number of nitrogens with one attached hydrogen (secondary N) is 1. The first-order valence-corrected chi connectivity index (χ1v) is 10.5. The SMILES string of the molecule is COc1cc2c(cc1OC)CN(CCNC(=O)c1cc(Br)cc(OC)c1OC)CC2. The number of halogens is 1. The zero-order valence-corrected chi connectivity index (χ0v) is 19.3. The molecule has 30 heavy (non-hydrogen) atoms. The minimum Gasteiger partial charge on any atom is -0.493 e. The molecule has 8 heteroatoms. The fourth-order valence-corrected chi connectivity index (χ4v) is 4.09. The zero-order valence-electron chi connectivity index (χ0n) is 17.7. The Balaban J connectivity index is 1.62. The summed E-state index contributed by atoms with van der Waals surface area (Å²) >= 11 is 3.41. The Morgan fingerprint density at radius 3 is 2.27 bits per heavy atom. The van der Waals surface area contributed by atoms with Gasteiger partial charge in [0.15, 0.2) is 23.0 Å². The molecule has 0 radical (unpaired) electrons. The van der Waals surface area contributed by atoms with Crippen LogP contribution in [-0.4, -0.2) is 58.9 Å². The monoisotopic (exact) mass is 478 g/mol. The standard InChI is InChI=1S/C22H27BrN2O5/c1-27-18-9-14-5-7-25(13-15(14)10-19(18)28-2)8-6-24-22(26)17-11-16(23)12-20(29-3)21(17)30-4/h9-12H,5-8,13H2,1-4H3,(H,24,26). The number of carbonyl (C=O) groups excluding carboxylic acids is 1. The van der Waals surface area contributed by atoms with E-state index in [0.717, 1.165) is 42.0 Å². The average molecular weight is 479 g/mol. The first-order valence-electron chi connectivity index (χ1n) is 9.66. The van der Waals surface area contributed by atoms with Gasteiger partial charge in [0.25, 0.3) is 5.91 Å². The molecule has 0 unspecified atom stereocenters. The molecule has 0 saturated heterocycles. The lowest BCUT2D eigenvalue weighted by molar-refractivity contribution is 0.0943. The molecule has 0 bridgehead atoms. The van der Waals surface area contributed by atoms with Crippen LogP contribution >= 0.6 is 15.9 Å². The van der Waals surface area contributed by atoms with E-state index < -0.39 is 0 Å². The van der Waals surface area contributed by atoms with E-state index in [9.17, 15) is 4.79 Å². The summed E-state index contributed by atoms with van der Waals surface area (Å²) in [6.45, 7) is 3.00. The number of ether oxygens (including phenoxy) is 4. The largest absolute Gasteiger partial charge is 0.493 e. The second-order valence-corrected chi connectivity index (χ2v) is 7.86. The van der Waals surface area contributed by atoms with Crippen LogP contribution in [0.15, 0.2) is 28.7 Å². The molecule has 0 saturated carbocycles. The summed E-state index contributed by atoms with van der Waals surface area (Å²) in [5.41, 5.74) is 2.94. The maximum Gasteiger partial charge on any atom is 0.255 e. The highest BCUT2D eigenvalue weighted by Crippen LogP contribution is 2.35. The lowest BCUT2D eigenvalue weighted by Gasteiger charge is -2.29. The number of benzene rings is 2. The minimum absolute atomic E-state index is 0.199. The second-order valence-electron chi connectivity index (χ2n) is 6.95. The first kappa shape index (κ1) is 22.2. The van der Waals surface area contributed by atoms with E-state index in [2.05, 4.69) is 32.2 Å². The van der Waals surface area contributed by atoms with E-state index >= 15 is 0 Å². The average Bonchev–Trinajstić information content (AvgIpc) is 2.77. The molecule has 1 amide bonds. The molecule has 0 fully saturated rings.